The minimum absolute atomic E-state index is 0.232. The number of aromatic nitrogens is 2. The van der Waals surface area contributed by atoms with E-state index in [-0.39, 0.29) is 11.1 Å². The normalized spacial score (nSPS) is 10.4. The van der Waals surface area contributed by atoms with Crippen molar-refractivity contribution in [3.05, 3.63) is 45.9 Å². The molecule has 5 heteroatoms. The molecule has 0 saturated carbocycles. The Balaban J connectivity index is 2.15. The molecule has 0 aliphatic heterocycles. The van der Waals surface area contributed by atoms with Gasteiger partial charge in [0.05, 0.1) is 0 Å². The van der Waals surface area contributed by atoms with Crippen molar-refractivity contribution < 1.29 is 4.39 Å². The Hall–Kier alpha value is -1.00. The first kappa shape index (κ1) is 9.55. The zero-order valence-corrected chi connectivity index (χ0v) is 8.65. The lowest BCUT2D eigenvalue weighted by Gasteiger charge is -1.95. The van der Waals surface area contributed by atoms with Crippen molar-refractivity contribution >= 4 is 23.1 Å². The third-order valence-corrected chi connectivity index (χ3v) is 2.69. The van der Waals surface area contributed by atoms with Gasteiger partial charge in [-0.25, -0.2) is 9.37 Å². The largest absolute Gasteiger partial charge is 0.234 e. The third-order valence-electron chi connectivity index (χ3n) is 1.71. The summed E-state index contributed by atoms with van der Waals surface area (Å²) in [6.07, 6.45) is 0.644. The van der Waals surface area contributed by atoms with Gasteiger partial charge in [0.15, 0.2) is 0 Å². The zero-order valence-electron chi connectivity index (χ0n) is 7.08. The van der Waals surface area contributed by atoms with Crippen molar-refractivity contribution in [2.45, 2.75) is 6.42 Å². The quantitative estimate of drug-likeness (QED) is 0.790. The van der Waals surface area contributed by atoms with Crippen LogP contribution < -0.4 is 0 Å². The topological polar surface area (TPSA) is 25.8 Å². The predicted octanol–water partition coefficient (Wildman–Crippen LogP) is 2.92. The van der Waals surface area contributed by atoms with Crippen molar-refractivity contribution in [2.24, 2.45) is 0 Å². The molecule has 2 rings (SSSR count). The molecule has 1 aromatic heterocycles. The number of hydrogen-bond acceptors (Lipinski definition) is 3. The summed E-state index contributed by atoms with van der Waals surface area (Å²) in [6.45, 7) is 0. The van der Waals surface area contributed by atoms with Gasteiger partial charge in [0, 0.05) is 6.42 Å². The summed E-state index contributed by atoms with van der Waals surface area (Å²) < 4.78 is 16.4. The molecule has 1 heterocycles. The Labute approximate surface area is 89.5 Å². The summed E-state index contributed by atoms with van der Waals surface area (Å²) in [6, 6.07) is 6.31. The van der Waals surface area contributed by atoms with E-state index in [0.717, 1.165) is 10.6 Å². The Kier molecular flexibility index (Phi) is 2.74. The van der Waals surface area contributed by atoms with Gasteiger partial charge in [-0.2, -0.15) is 4.37 Å². The first-order valence-corrected chi connectivity index (χ1v) is 5.12. The van der Waals surface area contributed by atoms with E-state index < -0.39 is 0 Å². The highest BCUT2D eigenvalue weighted by Crippen LogP contribution is 2.14. The van der Waals surface area contributed by atoms with Gasteiger partial charge in [0.2, 0.25) is 5.28 Å². The monoisotopic (exact) mass is 228 g/mol. The van der Waals surface area contributed by atoms with E-state index in [2.05, 4.69) is 9.36 Å². The highest BCUT2D eigenvalue weighted by molar-refractivity contribution is 7.05. The number of nitrogens with zero attached hydrogens (tertiary/aromatic N) is 2. The van der Waals surface area contributed by atoms with E-state index in [1.54, 1.807) is 12.1 Å². The van der Waals surface area contributed by atoms with Crippen LogP contribution in [0.25, 0.3) is 0 Å². The van der Waals surface area contributed by atoms with Gasteiger partial charge in [-0.1, -0.05) is 12.1 Å². The van der Waals surface area contributed by atoms with Gasteiger partial charge in [0.1, 0.15) is 10.8 Å². The van der Waals surface area contributed by atoms with Gasteiger partial charge >= 0.3 is 0 Å². The number of benzene rings is 1. The van der Waals surface area contributed by atoms with Crippen molar-refractivity contribution in [1.82, 2.24) is 9.36 Å². The van der Waals surface area contributed by atoms with Crippen LogP contribution in [0.15, 0.2) is 24.3 Å². The van der Waals surface area contributed by atoms with Crippen molar-refractivity contribution in [1.29, 1.82) is 0 Å². The van der Waals surface area contributed by atoms with E-state index in [4.69, 9.17) is 11.6 Å². The number of rotatable bonds is 2. The van der Waals surface area contributed by atoms with Gasteiger partial charge in [-0.3, -0.25) is 0 Å². The number of hydrogen-bond donors (Lipinski definition) is 0. The molecule has 0 unspecified atom stereocenters. The van der Waals surface area contributed by atoms with Crippen molar-refractivity contribution in [3.8, 4) is 0 Å². The summed E-state index contributed by atoms with van der Waals surface area (Å²) in [5, 5.41) is 1.11. The molecule has 2 aromatic rings. The van der Waals surface area contributed by atoms with Gasteiger partial charge in [0.25, 0.3) is 0 Å². The molecule has 0 aliphatic rings. The average molecular weight is 229 g/mol. The van der Waals surface area contributed by atoms with Crippen LogP contribution in [0.5, 0.6) is 0 Å². The molecule has 0 N–H and O–H groups in total. The van der Waals surface area contributed by atoms with Crippen LogP contribution in [0.2, 0.25) is 5.28 Å². The van der Waals surface area contributed by atoms with Gasteiger partial charge < -0.3 is 0 Å². The Morgan fingerprint density at radius 3 is 2.57 bits per heavy atom. The summed E-state index contributed by atoms with van der Waals surface area (Å²) >= 11 is 6.84. The summed E-state index contributed by atoms with van der Waals surface area (Å²) in [4.78, 5) is 4.01. The first-order valence-electron chi connectivity index (χ1n) is 3.96. The minimum Gasteiger partial charge on any atom is -0.209 e. The molecule has 0 aliphatic carbocycles. The van der Waals surface area contributed by atoms with Crippen LogP contribution in [0.1, 0.15) is 10.6 Å². The Morgan fingerprint density at radius 1 is 1.29 bits per heavy atom. The van der Waals surface area contributed by atoms with E-state index in [9.17, 15) is 4.39 Å². The third kappa shape index (κ3) is 2.27. The van der Waals surface area contributed by atoms with Crippen LogP contribution in [0, 0.1) is 5.82 Å². The smallest absolute Gasteiger partial charge is 0.209 e. The fourth-order valence-corrected chi connectivity index (χ4v) is 1.92. The standard InChI is InChI=1S/C9H6ClFN2S/c10-9-12-8(14-13-9)5-6-1-3-7(11)4-2-6/h1-4H,5H2. The van der Waals surface area contributed by atoms with Crippen molar-refractivity contribution in [3.63, 3.8) is 0 Å². The lowest BCUT2D eigenvalue weighted by atomic mass is 10.2. The maximum atomic E-state index is 12.6. The maximum absolute atomic E-state index is 12.6. The first-order chi connectivity index (χ1) is 6.74. The predicted molar refractivity (Wildman–Crippen MR) is 54.1 cm³/mol. The molecule has 0 saturated heterocycles. The van der Waals surface area contributed by atoms with Crippen LogP contribution in [-0.4, -0.2) is 9.36 Å². The molecule has 0 spiro atoms. The number of halogens is 2. The molecule has 1 aromatic carbocycles. The molecule has 0 fully saturated rings. The van der Waals surface area contributed by atoms with Crippen LogP contribution in [-0.2, 0) is 6.42 Å². The fourth-order valence-electron chi connectivity index (χ4n) is 1.08. The summed E-state index contributed by atoms with van der Waals surface area (Å²) in [5.41, 5.74) is 0.999. The zero-order chi connectivity index (χ0) is 9.97. The molecule has 0 radical (unpaired) electrons. The van der Waals surface area contributed by atoms with Crippen LogP contribution in [0.3, 0.4) is 0 Å². The summed E-state index contributed by atoms with van der Waals surface area (Å²) in [7, 11) is 0. The fraction of sp³-hybridized carbons (Fsp3) is 0.111. The molecule has 2 nitrogen and oxygen atoms in total. The van der Waals surface area contributed by atoms with E-state index >= 15 is 0 Å². The summed E-state index contributed by atoms with van der Waals surface area (Å²) in [5.74, 6) is -0.232. The van der Waals surface area contributed by atoms with Crippen molar-refractivity contribution in [2.75, 3.05) is 0 Å². The lowest BCUT2D eigenvalue weighted by molar-refractivity contribution is 0.627. The lowest BCUT2D eigenvalue weighted by Crippen LogP contribution is -1.86. The highest BCUT2D eigenvalue weighted by atomic mass is 35.5. The average Bonchev–Trinajstić information content (AvgIpc) is 2.56. The Morgan fingerprint density at radius 2 is 2.00 bits per heavy atom. The van der Waals surface area contributed by atoms with Crippen LogP contribution in [0.4, 0.5) is 4.39 Å². The van der Waals surface area contributed by atoms with E-state index in [0.29, 0.717) is 6.42 Å². The second kappa shape index (κ2) is 4.02. The second-order valence-electron chi connectivity index (χ2n) is 2.76. The molecular formula is C9H6ClFN2S. The maximum Gasteiger partial charge on any atom is 0.234 e. The minimum atomic E-state index is -0.232. The van der Waals surface area contributed by atoms with Gasteiger partial charge in [-0.15, -0.1) is 0 Å². The molecule has 0 atom stereocenters. The molecule has 72 valence electrons. The second-order valence-corrected chi connectivity index (χ2v) is 3.93. The molecule has 14 heavy (non-hydrogen) atoms. The molecule has 0 bridgehead atoms. The van der Waals surface area contributed by atoms with E-state index in [1.807, 2.05) is 0 Å². The Bertz CT molecular complexity index is 427. The SMILES string of the molecule is Fc1ccc(Cc2nc(Cl)ns2)cc1. The van der Waals surface area contributed by atoms with Gasteiger partial charge in [-0.05, 0) is 40.8 Å². The molecule has 0 amide bonds. The highest BCUT2D eigenvalue weighted by Gasteiger charge is 2.02. The molecular weight excluding hydrogens is 223 g/mol. The van der Waals surface area contributed by atoms with E-state index in [1.165, 1.54) is 23.7 Å². The van der Waals surface area contributed by atoms with Crippen LogP contribution >= 0.6 is 23.1 Å².